The maximum Gasteiger partial charge on any atom is 0.355 e. The average molecular weight is 479 g/mol. The molecule has 1 aliphatic heterocycles. The molecule has 0 N–H and O–H groups in total. The molecule has 10 nitrogen and oxygen atoms in total. The Labute approximate surface area is 201 Å². The molecule has 0 radical (unpaired) electrons. The lowest BCUT2D eigenvalue weighted by atomic mass is 10.1. The topological polar surface area (TPSA) is 119 Å². The molecule has 0 aliphatic carbocycles. The van der Waals surface area contributed by atoms with Crippen molar-refractivity contribution < 1.29 is 28.5 Å². The number of benzene rings is 2. The van der Waals surface area contributed by atoms with Crippen LogP contribution in [-0.2, 0) is 14.2 Å². The van der Waals surface area contributed by atoms with Crippen LogP contribution in [0, 0.1) is 13.8 Å². The Bertz CT molecular complexity index is 1260. The summed E-state index contributed by atoms with van der Waals surface area (Å²) in [5.74, 6) is -1.09. The van der Waals surface area contributed by atoms with E-state index < -0.39 is 36.1 Å². The van der Waals surface area contributed by atoms with E-state index in [1.165, 1.54) is 18.0 Å². The second-order valence-corrected chi connectivity index (χ2v) is 8.17. The van der Waals surface area contributed by atoms with E-state index in [4.69, 9.17) is 18.9 Å². The number of carbonyl (C=O) groups excluding carboxylic acids is 2. The summed E-state index contributed by atoms with van der Waals surface area (Å²) in [6.45, 7) is 3.65. The quantitative estimate of drug-likeness (QED) is 0.471. The van der Waals surface area contributed by atoms with Crippen LogP contribution in [0.5, 0.6) is 6.01 Å². The minimum atomic E-state index is -0.827. The number of carbonyl (C=O) groups is 2. The molecule has 1 saturated heterocycles. The van der Waals surface area contributed by atoms with Crippen LogP contribution in [0.15, 0.2) is 59.7 Å². The van der Waals surface area contributed by atoms with Gasteiger partial charge >= 0.3 is 23.6 Å². The molecule has 0 spiro atoms. The van der Waals surface area contributed by atoms with Crippen molar-refractivity contribution in [1.82, 2.24) is 14.5 Å². The van der Waals surface area contributed by atoms with Crippen molar-refractivity contribution in [3.05, 3.63) is 87.6 Å². The van der Waals surface area contributed by atoms with Crippen LogP contribution < -0.4 is 10.4 Å². The predicted octanol–water partition coefficient (Wildman–Crippen LogP) is 2.63. The maximum absolute atomic E-state index is 12.7. The second-order valence-electron chi connectivity index (χ2n) is 8.17. The minimum Gasteiger partial charge on any atom is -0.467 e. The lowest BCUT2D eigenvalue weighted by molar-refractivity contribution is -0.0585. The normalized spacial score (nSPS) is 19.2. The van der Waals surface area contributed by atoms with E-state index in [0.29, 0.717) is 11.1 Å². The fraction of sp³-hybridized carbons (Fsp3) is 0.320. The summed E-state index contributed by atoms with van der Waals surface area (Å²) < 4.78 is 23.2. The summed E-state index contributed by atoms with van der Waals surface area (Å²) in [5, 5.41) is 0. The van der Waals surface area contributed by atoms with Crippen LogP contribution in [0.1, 0.15) is 44.5 Å². The first-order valence-corrected chi connectivity index (χ1v) is 11.0. The van der Waals surface area contributed by atoms with Crippen molar-refractivity contribution in [2.24, 2.45) is 0 Å². The molecule has 1 fully saturated rings. The fourth-order valence-electron chi connectivity index (χ4n) is 3.60. The number of nitrogens with zero attached hydrogens (tertiary/aromatic N) is 3. The van der Waals surface area contributed by atoms with Crippen LogP contribution in [0.2, 0.25) is 0 Å². The number of esters is 2. The highest BCUT2D eigenvalue weighted by molar-refractivity contribution is 5.90. The molecule has 10 heteroatoms. The molecular formula is C25H25N3O7. The number of aromatic nitrogens is 3. The summed E-state index contributed by atoms with van der Waals surface area (Å²) in [7, 11) is 1.35. The van der Waals surface area contributed by atoms with Gasteiger partial charge in [0.15, 0.2) is 0 Å². The van der Waals surface area contributed by atoms with Crippen molar-refractivity contribution in [3.63, 3.8) is 0 Å². The highest BCUT2D eigenvalue weighted by Gasteiger charge is 2.40. The molecule has 0 saturated carbocycles. The third-order valence-electron chi connectivity index (χ3n) is 5.59. The maximum atomic E-state index is 12.7. The van der Waals surface area contributed by atoms with Crippen molar-refractivity contribution in [3.8, 4) is 6.01 Å². The molecule has 4 rings (SSSR count). The van der Waals surface area contributed by atoms with Gasteiger partial charge in [-0.25, -0.2) is 14.4 Å². The van der Waals surface area contributed by atoms with Gasteiger partial charge in [0.05, 0.1) is 18.2 Å². The van der Waals surface area contributed by atoms with Gasteiger partial charge in [-0.3, -0.25) is 4.57 Å². The van der Waals surface area contributed by atoms with E-state index in [-0.39, 0.29) is 19.0 Å². The van der Waals surface area contributed by atoms with Crippen molar-refractivity contribution >= 4 is 11.9 Å². The zero-order chi connectivity index (χ0) is 24.9. The number of hydrogen-bond acceptors (Lipinski definition) is 9. The summed E-state index contributed by atoms with van der Waals surface area (Å²) >= 11 is 0. The highest BCUT2D eigenvalue weighted by atomic mass is 16.6. The standard InChI is InChI=1S/C25H25N3O7/c1-15-4-8-17(9-5-15)22(29)33-13-20-19(35-23(30)18-10-6-16(2)7-11-18)12-21(34-20)28-14-26-24(32-3)27-25(28)31/h4-11,14,19-21H,12-13H2,1-3H3/t19-,20+,21+/m0/s1. The number of hydrogen-bond donors (Lipinski definition) is 0. The van der Waals surface area contributed by atoms with Gasteiger partial charge in [-0.2, -0.15) is 4.98 Å². The van der Waals surface area contributed by atoms with Crippen molar-refractivity contribution in [2.45, 2.75) is 38.7 Å². The van der Waals surface area contributed by atoms with E-state index in [0.717, 1.165) is 11.1 Å². The van der Waals surface area contributed by atoms with Gasteiger partial charge in [0.2, 0.25) is 0 Å². The predicted molar refractivity (Wildman–Crippen MR) is 123 cm³/mol. The summed E-state index contributed by atoms with van der Waals surface area (Å²) in [6, 6.07) is 13.8. The molecule has 0 bridgehead atoms. The Morgan fingerprint density at radius 2 is 1.60 bits per heavy atom. The van der Waals surface area contributed by atoms with Gasteiger partial charge in [-0.15, -0.1) is 4.98 Å². The van der Waals surface area contributed by atoms with E-state index in [2.05, 4.69) is 9.97 Å². The molecule has 3 atom stereocenters. The molecule has 35 heavy (non-hydrogen) atoms. The molecule has 3 aromatic rings. The Balaban J connectivity index is 1.51. The van der Waals surface area contributed by atoms with E-state index in [1.54, 1.807) is 48.5 Å². The van der Waals surface area contributed by atoms with Crippen LogP contribution >= 0.6 is 0 Å². The number of rotatable bonds is 7. The zero-order valence-corrected chi connectivity index (χ0v) is 19.5. The molecule has 1 aromatic heterocycles. The lowest BCUT2D eigenvalue weighted by Gasteiger charge is -2.19. The number of aryl methyl sites for hydroxylation is 2. The molecule has 2 heterocycles. The average Bonchev–Trinajstić information content (AvgIpc) is 3.25. The largest absolute Gasteiger partial charge is 0.467 e. The van der Waals surface area contributed by atoms with Gasteiger partial charge in [-0.05, 0) is 38.1 Å². The Hall–Kier alpha value is -4.05. The van der Waals surface area contributed by atoms with Crippen LogP contribution in [0.3, 0.4) is 0 Å². The molecule has 0 amide bonds. The second kappa shape index (κ2) is 10.5. The van der Waals surface area contributed by atoms with E-state index in [1.807, 2.05) is 13.8 Å². The van der Waals surface area contributed by atoms with Crippen molar-refractivity contribution in [1.29, 1.82) is 0 Å². The molecular weight excluding hydrogens is 454 g/mol. The van der Waals surface area contributed by atoms with Crippen LogP contribution in [-0.4, -0.2) is 52.4 Å². The Morgan fingerprint density at radius 1 is 1.00 bits per heavy atom. The third kappa shape index (κ3) is 5.72. The monoisotopic (exact) mass is 479 g/mol. The first-order chi connectivity index (χ1) is 16.8. The summed E-state index contributed by atoms with van der Waals surface area (Å²) in [4.78, 5) is 45.3. The number of methoxy groups -OCH3 is 1. The van der Waals surface area contributed by atoms with Gasteiger partial charge in [0.1, 0.15) is 31.4 Å². The summed E-state index contributed by atoms with van der Waals surface area (Å²) in [5.41, 5.74) is 2.14. The SMILES string of the molecule is COc1ncn([C@H]2C[C@H](OC(=O)c3ccc(C)cc3)[C@@H](COC(=O)c3ccc(C)cc3)O2)c(=O)n1. The van der Waals surface area contributed by atoms with Gasteiger partial charge < -0.3 is 18.9 Å². The van der Waals surface area contributed by atoms with Gasteiger partial charge in [0.25, 0.3) is 0 Å². The minimum absolute atomic E-state index is 0.0739. The third-order valence-corrected chi connectivity index (χ3v) is 5.59. The molecule has 182 valence electrons. The first kappa shape index (κ1) is 24.1. The van der Waals surface area contributed by atoms with Crippen LogP contribution in [0.4, 0.5) is 0 Å². The van der Waals surface area contributed by atoms with Crippen molar-refractivity contribution in [2.75, 3.05) is 13.7 Å². The molecule has 1 aliphatic rings. The lowest BCUT2D eigenvalue weighted by Crippen LogP contribution is -2.32. The molecule has 2 aromatic carbocycles. The smallest absolute Gasteiger partial charge is 0.355 e. The van der Waals surface area contributed by atoms with Gasteiger partial charge in [-0.1, -0.05) is 35.4 Å². The fourth-order valence-corrected chi connectivity index (χ4v) is 3.60. The summed E-state index contributed by atoms with van der Waals surface area (Å²) in [6.07, 6.45) is -1.03. The highest BCUT2D eigenvalue weighted by Crippen LogP contribution is 2.31. The Morgan fingerprint density at radius 3 is 2.17 bits per heavy atom. The van der Waals surface area contributed by atoms with E-state index >= 15 is 0 Å². The molecule has 0 unspecified atom stereocenters. The first-order valence-electron chi connectivity index (χ1n) is 11.0. The van der Waals surface area contributed by atoms with E-state index in [9.17, 15) is 14.4 Å². The van der Waals surface area contributed by atoms with Crippen LogP contribution in [0.25, 0.3) is 0 Å². The number of ether oxygens (including phenoxy) is 4. The zero-order valence-electron chi connectivity index (χ0n) is 19.5. The van der Waals surface area contributed by atoms with Gasteiger partial charge in [0, 0.05) is 6.42 Å². The Kier molecular flexibility index (Phi) is 7.21.